The van der Waals surface area contributed by atoms with E-state index < -0.39 is 17.4 Å². The van der Waals surface area contributed by atoms with Gasteiger partial charge in [-0.25, -0.2) is 13.8 Å². The Bertz CT molecular complexity index is 962. The topological polar surface area (TPSA) is 74.7 Å². The normalized spacial score (nSPS) is 10.8. The molecule has 0 fully saturated rings. The molecule has 2 heterocycles. The van der Waals surface area contributed by atoms with Gasteiger partial charge in [0, 0.05) is 50.3 Å². The zero-order chi connectivity index (χ0) is 20.1. The Labute approximate surface area is 160 Å². The summed E-state index contributed by atoms with van der Waals surface area (Å²) < 4.78 is 49.8. The van der Waals surface area contributed by atoms with Crippen LogP contribution in [0.1, 0.15) is 0 Å². The van der Waals surface area contributed by atoms with Crippen molar-refractivity contribution in [1.82, 2.24) is 9.97 Å². The lowest BCUT2D eigenvalue weighted by atomic mass is 10.2. The number of fused-ring (bicyclic) bond motifs is 1. The van der Waals surface area contributed by atoms with Crippen molar-refractivity contribution < 1.29 is 27.7 Å². The molecule has 3 aromatic rings. The minimum absolute atomic E-state index is 0.127. The largest absolute Gasteiger partial charge is 0.485 e. The van der Waals surface area contributed by atoms with Crippen molar-refractivity contribution in [2.75, 3.05) is 39.8 Å². The molecule has 3 rings (SSSR count). The summed E-state index contributed by atoms with van der Waals surface area (Å²) in [6.45, 7) is 0.684. The van der Waals surface area contributed by atoms with E-state index in [4.69, 9.17) is 18.9 Å². The molecule has 0 saturated heterocycles. The maximum Gasteiger partial charge on any atom is 0.257 e. The standard InChI is InChI=1S/C19H19F2N3O4/c1-22-11-8-12(20)18(13(21)9-11)28-15-4-5-23-14-10-16(27-7-6-25-2)19(26-3)24-17(14)15/h4-5,8-10,22H,6-7H2,1-3H3. The van der Waals surface area contributed by atoms with Gasteiger partial charge in [-0.15, -0.1) is 0 Å². The van der Waals surface area contributed by atoms with Crippen LogP contribution in [0.5, 0.6) is 23.1 Å². The van der Waals surface area contributed by atoms with E-state index in [-0.39, 0.29) is 17.1 Å². The van der Waals surface area contributed by atoms with E-state index in [0.717, 1.165) is 12.1 Å². The number of rotatable bonds is 8. The molecule has 1 aromatic carbocycles. The first-order chi connectivity index (χ1) is 13.6. The molecule has 0 aliphatic rings. The molecule has 0 spiro atoms. The number of pyridine rings is 2. The third-order valence-electron chi connectivity index (χ3n) is 3.84. The zero-order valence-electron chi connectivity index (χ0n) is 15.6. The molecule has 28 heavy (non-hydrogen) atoms. The SMILES string of the molecule is CNc1cc(F)c(Oc2ccnc3cc(OCCOC)c(OC)nc23)c(F)c1. The maximum atomic E-state index is 14.3. The molecule has 7 nitrogen and oxygen atoms in total. The molecule has 0 atom stereocenters. The van der Waals surface area contributed by atoms with E-state index >= 15 is 0 Å². The average molecular weight is 391 g/mol. The second kappa shape index (κ2) is 8.66. The number of hydrogen-bond acceptors (Lipinski definition) is 7. The predicted molar refractivity (Wildman–Crippen MR) is 99.4 cm³/mol. The average Bonchev–Trinajstić information content (AvgIpc) is 2.70. The number of halogens is 2. The molecule has 148 valence electrons. The van der Waals surface area contributed by atoms with Crippen LogP contribution in [-0.2, 0) is 4.74 Å². The first kappa shape index (κ1) is 19.6. The zero-order valence-corrected chi connectivity index (χ0v) is 15.6. The minimum atomic E-state index is -0.846. The lowest BCUT2D eigenvalue weighted by Crippen LogP contribution is -2.06. The maximum absolute atomic E-state index is 14.3. The molecule has 0 unspecified atom stereocenters. The number of anilines is 1. The summed E-state index contributed by atoms with van der Waals surface area (Å²) in [6.07, 6.45) is 1.45. The van der Waals surface area contributed by atoms with E-state index in [0.29, 0.717) is 30.2 Å². The molecular weight excluding hydrogens is 372 g/mol. The van der Waals surface area contributed by atoms with Gasteiger partial charge in [0.1, 0.15) is 12.1 Å². The quantitative estimate of drug-likeness (QED) is 0.586. The molecule has 0 bridgehead atoms. The van der Waals surface area contributed by atoms with Crippen molar-refractivity contribution in [3.05, 3.63) is 42.1 Å². The van der Waals surface area contributed by atoms with Crippen LogP contribution in [-0.4, -0.2) is 44.4 Å². The summed E-state index contributed by atoms with van der Waals surface area (Å²) in [5.74, 6) is -1.55. The summed E-state index contributed by atoms with van der Waals surface area (Å²) in [6, 6.07) is 5.35. The van der Waals surface area contributed by atoms with Crippen LogP contribution in [0.15, 0.2) is 30.5 Å². The Morgan fingerprint density at radius 2 is 1.79 bits per heavy atom. The molecule has 9 heteroatoms. The van der Waals surface area contributed by atoms with Crippen LogP contribution in [0.2, 0.25) is 0 Å². The number of methoxy groups -OCH3 is 2. The molecule has 0 radical (unpaired) electrons. The van der Waals surface area contributed by atoms with Gasteiger partial charge in [0.05, 0.1) is 19.2 Å². The van der Waals surface area contributed by atoms with Crippen molar-refractivity contribution in [2.24, 2.45) is 0 Å². The molecular formula is C19H19F2N3O4. The fourth-order valence-electron chi connectivity index (χ4n) is 2.49. The second-order valence-corrected chi connectivity index (χ2v) is 5.63. The lowest BCUT2D eigenvalue weighted by molar-refractivity contribution is 0.144. The van der Waals surface area contributed by atoms with Crippen LogP contribution < -0.4 is 19.5 Å². The number of hydrogen-bond donors (Lipinski definition) is 1. The van der Waals surface area contributed by atoms with Gasteiger partial charge in [-0.2, -0.15) is 0 Å². The Balaban J connectivity index is 2.01. The molecule has 0 aliphatic carbocycles. The third-order valence-corrected chi connectivity index (χ3v) is 3.84. The van der Waals surface area contributed by atoms with Crippen molar-refractivity contribution in [2.45, 2.75) is 0 Å². The second-order valence-electron chi connectivity index (χ2n) is 5.63. The monoisotopic (exact) mass is 391 g/mol. The smallest absolute Gasteiger partial charge is 0.257 e. The fraction of sp³-hybridized carbons (Fsp3) is 0.263. The van der Waals surface area contributed by atoms with Crippen molar-refractivity contribution in [3.63, 3.8) is 0 Å². The number of aromatic nitrogens is 2. The van der Waals surface area contributed by atoms with Gasteiger partial charge < -0.3 is 24.3 Å². The Morgan fingerprint density at radius 3 is 2.43 bits per heavy atom. The van der Waals surface area contributed by atoms with Gasteiger partial charge in [-0.1, -0.05) is 0 Å². The highest BCUT2D eigenvalue weighted by Crippen LogP contribution is 2.36. The van der Waals surface area contributed by atoms with Crippen LogP contribution in [0.4, 0.5) is 14.5 Å². The van der Waals surface area contributed by atoms with Gasteiger partial charge in [0.25, 0.3) is 5.88 Å². The number of nitrogens with one attached hydrogen (secondary N) is 1. The lowest BCUT2D eigenvalue weighted by Gasteiger charge is -2.13. The van der Waals surface area contributed by atoms with Crippen molar-refractivity contribution in [1.29, 1.82) is 0 Å². The molecule has 0 saturated carbocycles. The highest BCUT2D eigenvalue weighted by molar-refractivity contribution is 5.83. The van der Waals surface area contributed by atoms with Gasteiger partial charge in [-0.05, 0) is 0 Å². The fourth-order valence-corrected chi connectivity index (χ4v) is 2.49. The predicted octanol–water partition coefficient (Wildman–Crippen LogP) is 3.78. The van der Waals surface area contributed by atoms with E-state index in [1.54, 1.807) is 20.2 Å². The third kappa shape index (κ3) is 4.04. The molecule has 0 amide bonds. The Hall–Kier alpha value is -3.20. The van der Waals surface area contributed by atoms with Crippen LogP contribution in [0, 0.1) is 11.6 Å². The van der Waals surface area contributed by atoms with Crippen molar-refractivity contribution in [3.8, 4) is 23.1 Å². The first-order valence-corrected chi connectivity index (χ1v) is 8.37. The highest BCUT2D eigenvalue weighted by atomic mass is 19.1. The summed E-state index contributed by atoms with van der Waals surface area (Å²) in [4.78, 5) is 8.54. The van der Waals surface area contributed by atoms with E-state index in [1.165, 1.54) is 19.4 Å². The Morgan fingerprint density at radius 1 is 1.04 bits per heavy atom. The first-order valence-electron chi connectivity index (χ1n) is 8.37. The highest BCUT2D eigenvalue weighted by Gasteiger charge is 2.18. The molecule has 1 N–H and O–H groups in total. The summed E-state index contributed by atoms with van der Waals surface area (Å²) in [7, 11) is 4.56. The number of ether oxygens (including phenoxy) is 4. The van der Waals surface area contributed by atoms with E-state index in [2.05, 4.69) is 15.3 Å². The van der Waals surface area contributed by atoms with Crippen molar-refractivity contribution >= 4 is 16.7 Å². The van der Waals surface area contributed by atoms with E-state index in [9.17, 15) is 8.78 Å². The number of benzene rings is 1. The number of nitrogens with zero attached hydrogens (tertiary/aromatic N) is 2. The van der Waals surface area contributed by atoms with Crippen LogP contribution in [0.3, 0.4) is 0 Å². The van der Waals surface area contributed by atoms with Gasteiger partial charge >= 0.3 is 0 Å². The summed E-state index contributed by atoms with van der Waals surface area (Å²) in [5.41, 5.74) is 0.980. The summed E-state index contributed by atoms with van der Waals surface area (Å²) in [5, 5.41) is 2.67. The van der Waals surface area contributed by atoms with Gasteiger partial charge in [0.2, 0.25) is 0 Å². The summed E-state index contributed by atoms with van der Waals surface area (Å²) >= 11 is 0. The van der Waals surface area contributed by atoms with E-state index in [1.807, 2.05) is 0 Å². The Kier molecular flexibility index (Phi) is 6.05. The molecule has 2 aromatic heterocycles. The van der Waals surface area contributed by atoms with Gasteiger partial charge in [0.15, 0.2) is 28.9 Å². The van der Waals surface area contributed by atoms with Crippen LogP contribution in [0.25, 0.3) is 11.0 Å². The van der Waals surface area contributed by atoms with Gasteiger partial charge in [-0.3, -0.25) is 4.98 Å². The minimum Gasteiger partial charge on any atom is -0.485 e. The molecule has 0 aliphatic heterocycles. The van der Waals surface area contributed by atoms with Crippen LogP contribution >= 0.6 is 0 Å².